The normalized spacial score (nSPS) is 11.1. The van der Waals surface area contributed by atoms with Gasteiger partial charge in [0.1, 0.15) is 11.4 Å². The van der Waals surface area contributed by atoms with Crippen molar-refractivity contribution in [2.24, 2.45) is 0 Å². The predicted octanol–water partition coefficient (Wildman–Crippen LogP) is 2.11. The third kappa shape index (κ3) is 1.64. The minimum Gasteiger partial charge on any atom is -0.288 e. The summed E-state index contributed by atoms with van der Waals surface area (Å²) in [7, 11) is 0. The van der Waals surface area contributed by atoms with Crippen LogP contribution < -0.4 is 0 Å². The molecule has 5 nitrogen and oxygen atoms in total. The monoisotopic (exact) mass is 239 g/mol. The summed E-state index contributed by atoms with van der Waals surface area (Å²) in [6.45, 7) is 5.93. The molecule has 0 aliphatic rings. The van der Waals surface area contributed by atoms with E-state index in [1.165, 1.54) is 0 Å². The number of aryl methyl sites for hydroxylation is 3. The molecule has 0 bridgehead atoms. The van der Waals surface area contributed by atoms with Gasteiger partial charge in [0.15, 0.2) is 0 Å². The summed E-state index contributed by atoms with van der Waals surface area (Å²) in [5, 5.41) is 0. The molecule has 3 aromatic rings. The van der Waals surface area contributed by atoms with Crippen LogP contribution in [-0.2, 0) is 0 Å². The first kappa shape index (κ1) is 10.8. The minimum atomic E-state index is 0.701. The first-order valence-electron chi connectivity index (χ1n) is 5.76. The fourth-order valence-corrected chi connectivity index (χ4v) is 2.04. The first-order chi connectivity index (χ1) is 8.65. The second kappa shape index (κ2) is 3.87. The second-order valence-electron chi connectivity index (χ2n) is 4.33. The van der Waals surface area contributed by atoms with Gasteiger partial charge in [-0.2, -0.15) is 0 Å². The lowest BCUT2D eigenvalue weighted by Gasteiger charge is -1.99. The highest BCUT2D eigenvalue weighted by molar-refractivity contribution is 5.59. The Labute approximate surface area is 105 Å². The van der Waals surface area contributed by atoms with Crippen molar-refractivity contribution < 1.29 is 0 Å². The van der Waals surface area contributed by atoms with Crippen LogP contribution in [0.4, 0.5) is 0 Å². The first-order valence-corrected chi connectivity index (χ1v) is 5.76. The van der Waals surface area contributed by atoms with Gasteiger partial charge < -0.3 is 0 Å². The van der Waals surface area contributed by atoms with Crippen molar-refractivity contribution in [2.75, 3.05) is 0 Å². The summed E-state index contributed by atoms with van der Waals surface area (Å²) in [6.07, 6.45) is 5.31. The molecule has 3 heterocycles. The summed E-state index contributed by atoms with van der Waals surface area (Å²) in [4.78, 5) is 17.5. The summed E-state index contributed by atoms with van der Waals surface area (Å²) in [6, 6.07) is 2.03. The van der Waals surface area contributed by atoms with Crippen LogP contribution in [0.15, 0.2) is 24.7 Å². The largest absolute Gasteiger partial charge is 0.288 e. The zero-order chi connectivity index (χ0) is 12.7. The molecular weight excluding hydrogens is 226 g/mol. The van der Waals surface area contributed by atoms with Crippen molar-refractivity contribution in [3.8, 4) is 11.4 Å². The van der Waals surface area contributed by atoms with Crippen molar-refractivity contribution in [2.45, 2.75) is 20.8 Å². The fourth-order valence-electron chi connectivity index (χ4n) is 2.04. The average molecular weight is 239 g/mol. The fraction of sp³-hybridized carbons (Fsp3) is 0.231. The van der Waals surface area contributed by atoms with E-state index >= 15 is 0 Å². The van der Waals surface area contributed by atoms with E-state index < -0.39 is 0 Å². The van der Waals surface area contributed by atoms with Crippen molar-refractivity contribution >= 4 is 5.78 Å². The molecule has 0 radical (unpaired) electrons. The number of rotatable bonds is 1. The van der Waals surface area contributed by atoms with Crippen molar-refractivity contribution in [3.63, 3.8) is 0 Å². The Morgan fingerprint density at radius 2 is 1.78 bits per heavy atom. The molecule has 18 heavy (non-hydrogen) atoms. The highest BCUT2D eigenvalue weighted by atomic mass is 15.1. The molecule has 0 spiro atoms. The third-order valence-electron chi connectivity index (χ3n) is 2.89. The van der Waals surface area contributed by atoms with Gasteiger partial charge >= 0.3 is 0 Å². The molecule has 3 rings (SSSR count). The van der Waals surface area contributed by atoms with E-state index in [1.807, 2.05) is 37.4 Å². The van der Waals surface area contributed by atoms with E-state index in [4.69, 9.17) is 0 Å². The second-order valence-corrected chi connectivity index (χ2v) is 4.33. The number of hydrogen-bond donors (Lipinski definition) is 0. The molecule has 3 aromatic heterocycles. The van der Waals surface area contributed by atoms with Gasteiger partial charge in [-0.25, -0.2) is 9.97 Å². The molecule has 0 atom stereocenters. The Balaban J connectivity index is 2.26. The van der Waals surface area contributed by atoms with Crippen molar-refractivity contribution in [3.05, 3.63) is 41.7 Å². The average Bonchev–Trinajstić information content (AvgIpc) is 2.73. The Morgan fingerprint density at radius 3 is 2.56 bits per heavy atom. The molecule has 90 valence electrons. The lowest BCUT2D eigenvalue weighted by molar-refractivity contribution is 1.01. The molecule has 0 aliphatic heterocycles. The van der Waals surface area contributed by atoms with Crippen LogP contribution in [0.2, 0.25) is 0 Å². The molecule has 5 heteroatoms. The molecule has 0 amide bonds. The zero-order valence-electron chi connectivity index (χ0n) is 10.5. The van der Waals surface area contributed by atoms with Gasteiger partial charge in [-0.3, -0.25) is 14.4 Å². The van der Waals surface area contributed by atoms with Crippen LogP contribution in [0.25, 0.3) is 17.2 Å². The van der Waals surface area contributed by atoms with E-state index in [2.05, 4.69) is 19.9 Å². The van der Waals surface area contributed by atoms with Gasteiger partial charge in [0, 0.05) is 30.0 Å². The van der Waals surface area contributed by atoms with Crippen molar-refractivity contribution in [1.82, 2.24) is 24.3 Å². The summed E-state index contributed by atoms with van der Waals surface area (Å²) < 4.78 is 1.97. The summed E-state index contributed by atoms with van der Waals surface area (Å²) in [5.41, 5.74) is 4.56. The van der Waals surface area contributed by atoms with Crippen LogP contribution in [0, 0.1) is 20.8 Å². The Morgan fingerprint density at radius 1 is 1.00 bits per heavy atom. The van der Waals surface area contributed by atoms with Gasteiger partial charge in [0.2, 0.25) is 5.78 Å². The Kier molecular flexibility index (Phi) is 2.33. The zero-order valence-corrected chi connectivity index (χ0v) is 10.5. The minimum absolute atomic E-state index is 0.701. The standard InChI is InChI=1S/C13H13N5/c1-8-6-9(2)18-7-11(17-13(18)16-8)12-10(3)14-4-5-15-12/h4-7H,1-3H3. The Bertz CT molecular complexity index is 729. The molecule has 0 unspecified atom stereocenters. The maximum atomic E-state index is 4.51. The maximum Gasteiger partial charge on any atom is 0.234 e. The van der Waals surface area contributed by atoms with Gasteiger partial charge in [0.25, 0.3) is 0 Å². The molecule has 0 saturated heterocycles. The molecular formula is C13H13N5. The topological polar surface area (TPSA) is 56.0 Å². The smallest absolute Gasteiger partial charge is 0.234 e. The summed E-state index contributed by atoms with van der Waals surface area (Å²) in [5.74, 6) is 0.701. The molecule has 0 fully saturated rings. The van der Waals surface area contributed by atoms with Crippen LogP contribution in [0.3, 0.4) is 0 Å². The van der Waals surface area contributed by atoms with Crippen LogP contribution in [0.1, 0.15) is 17.1 Å². The molecule has 0 aromatic carbocycles. The number of hydrogen-bond acceptors (Lipinski definition) is 4. The number of aromatic nitrogens is 5. The lowest BCUT2D eigenvalue weighted by atomic mass is 10.2. The Hall–Kier alpha value is -2.30. The number of imidazole rings is 1. The van der Waals surface area contributed by atoms with E-state index in [1.54, 1.807) is 12.4 Å². The predicted molar refractivity (Wildman–Crippen MR) is 68.2 cm³/mol. The van der Waals surface area contributed by atoms with E-state index in [9.17, 15) is 0 Å². The van der Waals surface area contributed by atoms with Crippen molar-refractivity contribution in [1.29, 1.82) is 0 Å². The van der Waals surface area contributed by atoms with Gasteiger partial charge in [0.05, 0.1) is 5.69 Å². The van der Waals surface area contributed by atoms with Crippen LogP contribution in [-0.4, -0.2) is 24.3 Å². The molecule has 0 aliphatic carbocycles. The van der Waals surface area contributed by atoms with Gasteiger partial charge in [-0.15, -0.1) is 0 Å². The van der Waals surface area contributed by atoms with Crippen LogP contribution in [0.5, 0.6) is 0 Å². The molecule has 0 saturated carbocycles. The van der Waals surface area contributed by atoms with E-state index in [0.717, 1.165) is 28.5 Å². The number of nitrogens with zero attached hydrogens (tertiary/aromatic N) is 5. The van der Waals surface area contributed by atoms with E-state index in [0.29, 0.717) is 5.78 Å². The van der Waals surface area contributed by atoms with Gasteiger partial charge in [-0.05, 0) is 26.8 Å². The lowest BCUT2D eigenvalue weighted by Crippen LogP contribution is -1.94. The van der Waals surface area contributed by atoms with E-state index in [-0.39, 0.29) is 0 Å². The van der Waals surface area contributed by atoms with Crippen LogP contribution >= 0.6 is 0 Å². The quantitative estimate of drug-likeness (QED) is 0.652. The summed E-state index contributed by atoms with van der Waals surface area (Å²) >= 11 is 0. The molecule has 0 N–H and O–H groups in total. The maximum absolute atomic E-state index is 4.51. The highest BCUT2D eigenvalue weighted by Crippen LogP contribution is 2.19. The highest BCUT2D eigenvalue weighted by Gasteiger charge is 2.10. The van der Waals surface area contributed by atoms with Gasteiger partial charge in [-0.1, -0.05) is 0 Å². The third-order valence-corrected chi connectivity index (χ3v) is 2.89. The number of fused-ring (bicyclic) bond motifs is 1. The SMILES string of the molecule is Cc1cc(C)n2cc(-c3nccnc3C)nc2n1.